The zero-order chi connectivity index (χ0) is 22.5. The molecule has 0 saturated heterocycles. The molecule has 0 aromatic heterocycles. The zero-order valence-corrected chi connectivity index (χ0v) is 21.1. The molecule has 0 N–H and O–H groups in total. The highest BCUT2D eigenvalue weighted by molar-refractivity contribution is 7.74. The molecule has 0 amide bonds. The van der Waals surface area contributed by atoms with Crippen molar-refractivity contribution in [3.63, 3.8) is 0 Å². The molecule has 4 aromatic rings. The van der Waals surface area contributed by atoms with Crippen LogP contribution in [-0.2, 0) is 0 Å². The van der Waals surface area contributed by atoms with Crippen LogP contribution in [0.25, 0.3) is 0 Å². The van der Waals surface area contributed by atoms with Gasteiger partial charge in [-0.05, 0) is 67.1 Å². The van der Waals surface area contributed by atoms with Gasteiger partial charge in [0.2, 0.25) is 0 Å². The van der Waals surface area contributed by atoms with Crippen LogP contribution in [-0.4, -0.2) is 11.3 Å². The Balaban J connectivity index is 1.54. The van der Waals surface area contributed by atoms with Crippen molar-refractivity contribution in [2.75, 3.05) is 0 Å². The normalized spacial score (nSPS) is 19.1. The van der Waals surface area contributed by atoms with E-state index in [1.807, 2.05) is 0 Å². The first kappa shape index (κ1) is 22.5. The second kappa shape index (κ2) is 10.8. The fourth-order valence-corrected chi connectivity index (χ4v) is 11.9. The van der Waals surface area contributed by atoms with Gasteiger partial charge < -0.3 is 0 Å². The van der Waals surface area contributed by atoms with E-state index in [1.165, 1.54) is 40.5 Å². The Kier molecular flexibility index (Phi) is 7.36. The van der Waals surface area contributed by atoms with E-state index in [0.717, 1.165) is 11.6 Å². The van der Waals surface area contributed by atoms with Gasteiger partial charge in [0.1, 0.15) is 0 Å². The Morgan fingerprint density at radius 2 is 0.939 bits per heavy atom. The van der Waals surface area contributed by atoms with Crippen LogP contribution in [0.1, 0.15) is 26.2 Å². The van der Waals surface area contributed by atoms with E-state index in [1.54, 1.807) is 0 Å². The third-order valence-corrected chi connectivity index (χ3v) is 12.9. The Labute approximate surface area is 201 Å². The number of benzene rings is 4. The summed E-state index contributed by atoms with van der Waals surface area (Å²) in [5, 5.41) is 6.10. The van der Waals surface area contributed by atoms with Crippen LogP contribution in [0.5, 0.6) is 0 Å². The number of hydrogen-bond donors (Lipinski definition) is 0. The van der Waals surface area contributed by atoms with E-state index >= 15 is 0 Å². The summed E-state index contributed by atoms with van der Waals surface area (Å²) in [6.45, 7) is 2.55. The van der Waals surface area contributed by atoms with Crippen LogP contribution in [0.4, 0.5) is 0 Å². The summed E-state index contributed by atoms with van der Waals surface area (Å²) in [4.78, 5) is 0. The summed E-state index contributed by atoms with van der Waals surface area (Å²) in [6, 6.07) is 45.3. The van der Waals surface area contributed by atoms with Gasteiger partial charge in [-0.25, -0.2) is 0 Å². The molecule has 5 rings (SSSR count). The minimum Gasteiger partial charge on any atom is -0.0622 e. The molecule has 33 heavy (non-hydrogen) atoms. The summed E-state index contributed by atoms with van der Waals surface area (Å²) in [7, 11) is -0.778. The predicted molar refractivity (Wildman–Crippen MR) is 149 cm³/mol. The Morgan fingerprint density at radius 1 is 0.545 bits per heavy atom. The van der Waals surface area contributed by atoms with E-state index in [2.05, 4.69) is 128 Å². The van der Waals surface area contributed by atoms with E-state index < -0.39 is 7.92 Å². The van der Waals surface area contributed by atoms with Gasteiger partial charge in [-0.15, -0.1) is 0 Å². The highest BCUT2D eigenvalue weighted by Crippen LogP contribution is 2.56. The SMILES string of the molecule is C[C@H](C1CCC[C@H]1P(c1ccccc1)c1ccccc1)P(c1ccccc1)c1ccccc1. The fourth-order valence-electron chi connectivity index (χ4n) is 5.55. The predicted octanol–water partition coefficient (Wildman–Crippen LogP) is 6.81. The van der Waals surface area contributed by atoms with Crippen LogP contribution >= 0.6 is 15.8 Å². The summed E-state index contributed by atoms with van der Waals surface area (Å²) in [5.41, 5.74) is 1.38. The smallest absolute Gasteiger partial charge is 0.00943 e. The second-order valence-electron chi connectivity index (χ2n) is 8.98. The van der Waals surface area contributed by atoms with Gasteiger partial charge in [-0.1, -0.05) is 135 Å². The second-order valence-corrected chi connectivity index (χ2v) is 14.0. The average Bonchev–Trinajstić information content (AvgIpc) is 3.36. The molecule has 0 radical (unpaired) electrons. The van der Waals surface area contributed by atoms with Crippen molar-refractivity contribution >= 4 is 37.1 Å². The molecular weight excluding hydrogens is 434 g/mol. The van der Waals surface area contributed by atoms with Crippen molar-refractivity contribution in [2.24, 2.45) is 5.92 Å². The third-order valence-electron chi connectivity index (χ3n) is 7.03. The largest absolute Gasteiger partial charge is 0.0622 e. The topological polar surface area (TPSA) is 0 Å². The van der Waals surface area contributed by atoms with Crippen LogP contribution in [0.3, 0.4) is 0 Å². The molecule has 0 nitrogen and oxygen atoms in total. The van der Waals surface area contributed by atoms with Crippen molar-refractivity contribution < 1.29 is 0 Å². The quantitative estimate of drug-likeness (QED) is 0.263. The van der Waals surface area contributed by atoms with Gasteiger partial charge in [-0.3, -0.25) is 0 Å². The monoisotopic (exact) mass is 466 g/mol. The van der Waals surface area contributed by atoms with Crippen molar-refractivity contribution in [3.8, 4) is 0 Å². The summed E-state index contributed by atoms with van der Waals surface area (Å²) >= 11 is 0. The molecule has 1 aliphatic carbocycles. The lowest BCUT2D eigenvalue weighted by Crippen LogP contribution is -2.33. The lowest BCUT2D eigenvalue weighted by atomic mass is 10.0. The molecule has 2 heteroatoms. The van der Waals surface area contributed by atoms with Gasteiger partial charge in [0.05, 0.1) is 0 Å². The molecule has 1 aliphatic rings. The van der Waals surface area contributed by atoms with Gasteiger partial charge in [-0.2, -0.15) is 0 Å². The summed E-state index contributed by atoms with van der Waals surface area (Å²) < 4.78 is 0. The zero-order valence-electron chi connectivity index (χ0n) is 19.3. The van der Waals surface area contributed by atoms with Crippen molar-refractivity contribution in [2.45, 2.75) is 37.5 Å². The average molecular weight is 467 g/mol. The van der Waals surface area contributed by atoms with Gasteiger partial charge >= 0.3 is 0 Å². The molecule has 0 heterocycles. The molecule has 0 spiro atoms. The molecule has 4 aromatic carbocycles. The Hall–Kier alpha value is -2.26. The van der Waals surface area contributed by atoms with Gasteiger partial charge in [0, 0.05) is 0 Å². The molecule has 1 saturated carbocycles. The van der Waals surface area contributed by atoms with E-state index in [9.17, 15) is 0 Å². The maximum atomic E-state index is 2.55. The van der Waals surface area contributed by atoms with E-state index in [0.29, 0.717) is 5.66 Å². The van der Waals surface area contributed by atoms with Crippen molar-refractivity contribution in [1.29, 1.82) is 0 Å². The molecule has 166 valence electrons. The first-order chi connectivity index (χ1) is 16.3. The number of rotatable bonds is 7. The lowest BCUT2D eigenvalue weighted by Gasteiger charge is -2.37. The van der Waals surface area contributed by atoms with Crippen molar-refractivity contribution in [3.05, 3.63) is 121 Å². The molecule has 0 bridgehead atoms. The first-order valence-electron chi connectivity index (χ1n) is 12.1. The van der Waals surface area contributed by atoms with Crippen LogP contribution in [0.2, 0.25) is 0 Å². The lowest BCUT2D eigenvalue weighted by molar-refractivity contribution is 0.548. The van der Waals surface area contributed by atoms with Gasteiger partial charge in [0.15, 0.2) is 0 Å². The first-order valence-corrected chi connectivity index (χ1v) is 14.9. The maximum Gasteiger partial charge on any atom is -0.00943 e. The standard InChI is InChI=1S/C31H32P2/c1-25(32(26-15-6-2-7-16-26)27-17-8-3-9-18-27)30-23-14-24-31(30)33(28-19-10-4-11-20-28)29-21-12-5-13-22-29/h2-13,15-22,25,30-31H,14,23-24H2,1H3/t25-,30?,31-/m1/s1. The Morgan fingerprint density at radius 3 is 1.36 bits per heavy atom. The highest BCUT2D eigenvalue weighted by Gasteiger charge is 2.40. The summed E-state index contributed by atoms with van der Waals surface area (Å²) in [6.07, 6.45) is 4.05. The van der Waals surface area contributed by atoms with E-state index in [4.69, 9.17) is 0 Å². The number of hydrogen-bond acceptors (Lipinski definition) is 0. The molecule has 1 unspecified atom stereocenters. The van der Waals surface area contributed by atoms with Crippen LogP contribution in [0, 0.1) is 5.92 Å². The molecule has 1 fully saturated rings. The molecule has 3 atom stereocenters. The minimum absolute atomic E-state index is 0.376. The maximum absolute atomic E-state index is 2.55. The fraction of sp³-hybridized carbons (Fsp3) is 0.226. The molecule has 0 aliphatic heterocycles. The third kappa shape index (κ3) is 4.99. The summed E-state index contributed by atoms with van der Waals surface area (Å²) in [5.74, 6) is 0.739. The molecular formula is C31H32P2. The highest BCUT2D eigenvalue weighted by atomic mass is 31.1. The Bertz CT molecular complexity index is 1030. The van der Waals surface area contributed by atoms with Crippen LogP contribution < -0.4 is 21.2 Å². The van der Waals surface area contributed by atoms with Crippen LogP contribution in [0.15, 0.2) is 121 Å². The van der Waals surface area contributed by atoms with E-state index in [-0.39, 0.29) is 7.92 Å². The minimum atomic E-state index is -0.402. The van der Waals surface area contributed by atoms with Crippen molar-refractivity contribution in [1.82, 2.24) is 0 Å². The van der Waals surface area contributed by atoms with Gasteiger partial charge in [0.25, 0.3) is 0 Å².